The maximum absolute atomic E-state index is 5.87. The first-order valence-electron chi connectivity index (χ1n) is 6.17. The number of halogens is 2. The lowest BCUT2D eigenvalue weighted by atomic mass is 10.3. The number of aromatic nitrogens is 4. The first kappa shape index (κ1) is 13.8. The molecule has 2 aromatic heterocycles. The van der Waals surface area contributed by atoms with Crippen LogP contribution in [-0.2, 0) is 13.0 Å². The van der Waals surface area contributed by atoms with E-state index in [1.807, 2.05) is 0 Å². The van der Waals surface area contributed by atoms with Crippen molar-refractivity contribution < 1.29 is 4.52 Å². The molecule has 0 aliphatic heterocycles. The van der Waals surface area contributed by atoms with Gasteiger partial charge in [0.05, 0.1) is 11.0 Å². The summed E-state index contributed by atoms with van der Waals surface area (Å²) in [5.41, 5.74) is 2.02. The average Bonchev–Trinajstić information content (AvgIpc) is 2.95. The van der Waals surface area contributed by atoms with Crippen LogP contribution < -0.4 is 0 Å². The molecule has 0 unspecified atom stereocenters. The third-order valence-corrected chi connectivity index (χ3v) is 3.83. The molecule has 5 nitrogen and oxygen atoms in total. The molecule has 3 aromatic rings. The highest BCUT2D eigenvalue weighted by Gasteiger charge is 2.13. The highest BCUT2D eigenvalue weighted by atomic mass is 127. The van der Waals surface area contributed by atoms with Crippen LogP contribution in [0.2, 0.25) is 0 Å². The third kappa shape index (κ3) is 2.67. The molecule has 0 aliphatic rings. The molecule has 7 heteroatoms. The quantitative estimate of drug-likeness (QED) is 0.497. The first-order valence-corrected chi connectivity index (χ1v) is 7.78. The van der Waals surface area contributed by atoms with E-state index in [1.54, 1.807) is 6.92 Å². The van der Waals surface area contributed by atoms with Crippen LogP contribution in [0.5, 0.6) is 0 Å². The van der Waals surface area contributed by atoms with E-state index in [1.165, 1.54) is 0 Å². The smallest absolute Gasteiger partial charge is 0.246 e. The van der Waals surface area contributed by atoms with E-state index in [4.69, 9.17) is 16.1 Å². The molecule has 0 fully saturated rings. The van der Waals surface area contributed by atoms with Gasteiger partial charge in [-0.15, -0.1) is 11.6 Å². The van der Waals surface area contributed by atoms with Crippen molar-refractivity contribution in [2.45, 2.75) is 19.9 Å². The Morgan fingerprint density at radius 2 is 2.20 bits per heavy atom. The number of nitrogens with zero attached hydrogens (tertiary/aromatic N) is 4. The molecule has 104 valence electrons. The van der Waals surface area contributed by atoms with Crippen molar-refractivity contribution in [3.8, 4) is 0 Å². The van der Waals surface area contributed by atoms with Crippen LogP contribution >= 0.6 is 34.2 Å². The van der Waals surface area contributed by atoms with Gasteiger partial charge in [-0.2, -0.15) is 4.98 Å². The van der Waals surface area contributed by atoms with Gasteiger partial charge in [0.15, 0.2) is 5.82 Å². The largest absolute Gasteiger partial charge is 0.337 e. The number of aryl methyl sites for hydroxylation is 2. The average molecular weight is 403 g/mol. The molecule has 0 radical (unpaired) electrons. The zero-order chi connectivity index (χ0) is 14.1. The van der Waals surface area contributed by atoms with Gasteiger partial charge in [0.25, 0.3) is 0 Å². The second-order valence-electron chi connectivity index (χ2n) is 4.42. The molecule has 0 N–H and O–H groups in total. The summed E-state index contributed by atoms with van der Waals surface area (Å²) in [6.45, 7) is 2.32. The molecular weight excluding hydrogens is 391 g/mol. The van der Waals surface area contributed by atoms with Gasteiger partial charge < -0.3 is 9.09 Å². The van der Waals surface area contributed by atoms with E-state index >= 15 is 0 Å². The second kappa shape index (κ2) is 5.69. The van der Waals surface area contributed by atoms with Crippen molar-refractivity contribution >= 4 is 45.2 Å². The monoisotopic (exact) mass is 402 g/mol. The fraction of sp³-hybridized carbons (Fsp3) is 0.308. The summed E-state index contributed by atoms with van der Waals surface area (Å²) < 4.78 is 8.44. The van der Waals surface area contributed by atoms with Gasteiger partial charge >= 0.3 is 0 Å². The zero-order valence-corrected chi connectivity index (χ0v) is 13.7. The van der Waals surface area contributed by atoms with Gasteiger partial charge in [0, 0.05) is 15.9 Å². The molecule has 20 heavy (non-hydrogen) atoms. The molecule has 1 aromatic carbocycles. The Morgan fingerprint density at radius 3 is 2.90 bits per heavy atom. The van der Waals surface area contributed by atoms with Crippen LogP contribution in [0.4, 0.5) is 0 Å². The van der Waals surface area contributed by atoms with Crippen LogP contribution in [0.25, 0.3) is 11.0 Å². The third-order valence-electron chi connectivity index (χ3n) is 2.97. The van der Waals surface area contributed by atoms with Crippen LogP contribution in [0.1, 0.15) is 17.5 Å². The molecule has 0 spiro atoms. The Balaban J connectivity index is 2.08. The normalized spacial score (nSPS) is 11.3. The van der Waals surface area contributed by atoms with Crippen LogP contribution in [0.3, 0.4) is 0 Å². The van der Waals surface area contributed by atoms with E-state index in [9.17, 15) is 0 Å². The van der Waals surface area contributed by atoms with Crippen molar-refractivity contribution in [2.75, 3.05) is 5.88 Å². The fourth-order valence-electron chi connectivity index (χ4n) is 2.14. The molecule has 0 aliphatic carbocycles. The Bertz CT molecular complexity index is 752. The second-order valence-corrected chi connectivity index (χ2v) is 6.05. The molecule has 0 saturated heterocycles. The first-order chi connectivity index (χ1) is 9.67. The SMILES string of the molecule is Cc1noc(Cn2c(CCCl)nc3cc(I)ccc32)n1. The lowest BCUT2D eigenvalue weighted by molar-refractivity contribution is 0.367. The van der Waals surface area contributed by atoms with Crippen LogP contribution in [0, 0.1) is 10.5 Å². The Morgan fingerprint density at radius 1 is 1.35 bits per heavy atom. The molecule has 3 rings (SSSR count). The summed E-state index contributed by atoms with van der Waals surface area (Å²) in [4.78, 5) is 8.90. The topological polar surface area (TPSA) is 56.7 Å². The zero-order valence-electron chi connectivity index (χ0n) is 10.8. The van der Waals surface area contributed by atoms with E-state index in [0.717, 1.165) is 20.4 Å². The lowest BCUT2D eigenvalue weighted by Crippen LogP contribution is -2.06. The van der Waals surface area contributed by atoms with E-state index in [0.29, 0.717) is 30.6 Å². The fourth-order valence-corrected chi connectivity index (χ4v) is 2.79. The molecule has 0 atom stereocenters. The number of imidazole rings is 1. The molecular formula is C13H12ClIN4O. The maximum atomic E-state index is 5.87. The Hall–Kier alpha value is -1.15. The number of hydrogen-bond donors (Lipinski definition) is 0. The van der Waals surface area contributed by atoms with E-state index in [2.05, 4.69) is 60.5 Å². The predicted octanol–water partition coefficient (Wildman–Crippen LogP) is 3.16. The molecule has 0 saturated carbocycles. The standard InChI is InChI=1S/C13H12ClIN4O/c1-8-16-13(20-18-8)7-19-11-3-2-9(15)6-10(11)17-12(19)4-5-14/h2-3,6H,4-5,7H2,1H3. The molecule has 0 amide bonds. The highest BCUT2D eigenvalue weighted by Crippen LogP contribution is 2.20. The summed E-state index contributed by atoms with van der Waals surface area (Å²) in [5.74, 6) is 2.69. The lowest BCUT2D eigenvalue weighted by Gasteiger charge is -2.05. The van der Waals surface area contributed by atoms with Crippen molar-refractivity contribution in [2.24, 2.45) is 0 Å². The number of fused-ring (bicyclic) bond motifs is 1. The van der Waals surface area contributed by atoms with Crippen LogP contribution in [-0.4, -0.2) is 25.6 Å². The predicted molar refractivity (Wildman–Crippen MR) is 85.0 cm³/mol. The highest BCUT2D eigenvalue weighted by molar-refractivity contribution is 14.1. The molecule has 2 heterocycles. The number of benzene rings is 1. The van der Waals surface area contributed by atoms with Gasteiger partial charge in [0.1, 0.15) is 12.4 Å². The Labute approximate surface area is 134 Å². The van der Waals surface area contributed by atoms with Gasteiger partial charge in [-0.25, -0.2) is 4.98 Å². The van der Waals surface area contributed by atoms with Crippen molar-refractivity contribution in [1.29, 1.82) is 0 Å². The van der Waals surface area contributed by atoms with E-state index < -0.39 is 0 Å². The number of rotatable bonds is 4. The minimum absolute atomic E-state index is 0.518. The Kier molecular flexibility index (Phi) is 3.93. The summed E-state index contributed by atoms with van der Waals surface area (Å²) in [5, 5.41) is 3.82. The van der Waals surface area contributed by atoms with Gasteiger partial charge in [-0.05, 0) is 47.7 Å². The van der Waals surface area contributed by atoms with Crippen molar-refractivity contribution in [1.82, 2.24) is 19.7 Å². The van der Waals surface area contributed by atoms with Gasteiger partial charge in [-0.1, -0.05) is 5.16 Å². The van der Waals surface area contributed by atoms with E-state index in [-0.39, 0.29) is 0 Å². The van der Waals surface area contributed by atoms with Crippen molar-refractivity contribution in [3.05, 3.63) is 39.3 Å². The summed E-state index contributed by atoms with van der Waals surface area (Å²) >= 11 is 8.15. The number of hydrogen-bond acceptors (Lipinski definition) is 4. The molecule has 0 bridgehead atoms. The van der Waals surface area contributed by atoms with Crippen molar-refractivity contribution in [3.63, 3.8) is 0 Å². The van der Waals surface area contributed by atoms with Gasteiger partial charge in [0.2, 0.25) is 5.89 Å². The maximum Gasteiger partial charge on any atom is 0.246 e. The summed E-state index contributed by atoms with van der Waals surface area (Å²) in [7, 11) is 0. The summed E-state index contributed by atoms with van der Waals surface area (Å²) in [6.07, 6.45) is 0.708. The van der Waals surface area contributed by atoms with Gasteiger partial charge in [-0.3, -0.25) is 0 Å². The minimum atomic E-state index is 0.518. The number of alkyl halides is 1. The van der Waals surface area contributed by atoms with Crippen LogP contribution in [0.15, 0.2) is 22.7 Å². The summed E-state index contributed by atoms with van der Waals surface area (Å²) in [6, 6.07) is 6.18. The minimum Gasteiger partial charge on any atom is -0.337 e.